The minimum absolute atomic E-state index is 0.0478. The first-order valence-corrected chi connectivity index (χ1v) is 5.96. The minimum atomic E-state index is -0.0478. The quantitative estimate of drug-likeness (QED) is 0.726. The summed E-state index contributed by atoms with van der Waals surface area (Å²) in [6.45, 7) is 3.32. The zero-order valence-electron chi connectivity index (χ0n) is 9.79. The molecular weight excluding hydrogens is 240 g/mol. The highest BCUT2D eigenvalue weighted by Crippen LogP contribution is 2.26. The first-order chi connectivity index (χ1) is 8.15. The van der Waals surface area contributed by atoms with E-state index in [0.29, 0.717) is 23.7 Å². The van der Waals surface area contributed by atoms with E-state index in [1.165, 1.54) is 0 Å². The summed E-state index contributed by atoms with van der Waals surface area (Å²) in [6, 6.07) is 5.14. The summed E-state index contributed by atoms with van der Waals surface area (Å²) in [7, 11) is 0. The molecule has 94 valence electrons. The maximum absolute atomic E-state index is 11.3. The third kappa shape index (κ3) is 4.63. The van der Waals surface area contributed by atoms with Crippen molar-refractivity contribution in [2.75, 3.05) is 13.1 Å². The molecule has 0 saturated heterocycles. The van der Waals surface area contributed by atoms with Crippen molar-refractivity contribution in [3.8, 4) is 5.75 Å². The monoisotopic (exact) mass is 256 g/mol. The van der Waals surface area contributed by atoms with Gasteiger partial charge in [0.2, 0.25) is 5.91 Å². The molecule has 0 heterocycles. The molecule has 0 radical (unpaired) electrons. The number of hydrogen-bond acceptors (Lipinski definition) is 3. The number of hydrogen-bond donors (Lipinski definition) is 3. The van der Waals surface area contributed by atoms with Crippen molar-refractivity contribution in [3.63, 3.8) is 0 Å². The van der Waals surface area contributed by atoms with Gasteiger partial charge < -0.3 is 15.7 Å². The average Bonchev–Trinajstić information content (AvgIpc) is 2.32. The topological polar surface area (TPSA) is 61.4 Å². The molecular formula is C12H17ClN2O2. The van der Waals surface area contributed by atoms with Crippen molar-refractivity contribution in [3.05, 3.63) is 28.8 Å². The average molecular weight is 257 g/mol. The maximum atomic E-state index is 11.3. The van der Waals surface area contributed by atoms with Crippen LogP contribution in [0.25, 0.3) is 0 Å². The summed E-state index contributed by atoms with van der Waals surface area (Å²) in [5.41, 5.74) is 0.681. The van der Waals surface area contributed by atoms with Crippen molar-refractivity contribution in [1.82, 2.24) is 10.6 Å². The number of halogens is 1. The summed E-state index contributed by atoms with van der Waals surface area (Å²) in [6.07, 6.45) is 0.917. The standard InChI is InChI=1S/C12H17ClN2O2/c1-2-6-15-11(16)8-14-7-9-4-3-5-10(13)12(9)17/h3-5,14,17H,2,6-8H2,1H3,(H,15,16). The lowest BCUT2D eigenvalue weighted by atomic mass is 10.2. The summed E-state index contributed by atoms with van der Waals surface area (Å²) in [5, 5.41) is 15.7. The minimum Gasteiger partial charge on any atom is -0.506 e. The molecule has 1 amide bonds. The summed E-state index contributed by atoms with van der Waals surface area (Å²) in [5.74, 6) is 0.0176. The largest absolute Gasteiger partial charge is 0.506 e. The fourth-order valence-electron chi connectivity index (χ4n) is 1.34. The van der Waals surface area contributed by atoms with Crippen LogP contribution in [0, 0.1) is 0 Å². The van der Waals surface area contributed by atoms with Crippen molar-refractivity contribution in [2.45, 2.75) is 19.9 Å². The van der Waals surface area contributed by atoms with Crippen LogP contribution in [-0.4, -0.2) is 24.1 Å². The fraction of sp³-hybridized carbons (Fsp3) is 0.417. The highest BCUT2D eigenvalue weighted by Gasteiger charge is 2.05. The highest BCUT2D eigenvalue weighted by molar-refractivity contribution is 6.32. The Bertz CT molecular complexity index is 383. The van der Waals surface area contributed by atoms with Crippen molar-refractivity contribution in [1.29, 1.82) is 0 Å². The molecule has 0 aliphatic rings. The second-order valence-electron chi connectivity index (χ2n) is 3.70. The number of benzene rings is 1. The first kappa shape index (κ1) is 13.8. The number of aromatic hydroxyl groups is 1. The number of carbonyl (C=O) groups excluding carboxylic acids is 1. The Kier molecular flexibility index (Phi) is 5.80. The first-order valence-electron chi connectivity index (χ1n) is 5.59. The number of carbonyl (C=O) groups is 1. The van der Waals surface area contributed by atoms with E-state index < -0.39 is 0 Å². The summed E-state index contributed by atoms with van der Waals surface area (Å²) in [4.78, 5) is 11.3. The van der Waals surface area contributed by atoms with Crippen LogP contribution >= 0.6 is 11.6 Å². The van der Waals surface area contributed by atoms with Crippen molar-refractivity contribution in [2.24, 2.45) is 0 Å². The SMILES string of the molecule is CCCNC(=O)CNCc1cccc(Cl)c1O. The second kappa shape index (κ2) is 7.14. The molecule has 0 spiro atoms. The van der Waals surface area contributed by atoms with Gasteiger partial charge in [0, 0.05) is 18.7 Å². The van der Waals surface area contributed by atoms with E-state index in [1.807, 2.05) is 6.92 Å². The molecule has 17 heavy (non-hydrogen) atoms. The predicted molar refractivity (Wildman–Crippen MR) is 68.1 cm³/mol. The van der Waals surface area contributed by atoms with E-state index in [4.69, 9.17) is 11.6 Å². The normalized spacial score (nSPS) is 10.2. The van der Waals surface area contributed by atoms with Gasteiger partial charge in [-0.15, -0.1) is 0 Å². The molecule has 0 unspecified atom stereocenters. The number of phenolic OH excluding ortho intramolecular Hbond substituents is 1. The zero-order valence-corrected chi connectivity index (χ0v) is 10.5. The van der Waals surface area contributed by atoms with E-state index in [-0.39, 0.29) is 18.2 Å². The van der Waals surface area contributed by atoms with E-state index in [1.54, 1.807) is 18.2 Å². The summed E-state index contributed by atoms with van der Waals surface area (Å²) >= 11 is 5.77. The van der Waals surface area contributed by atoms with Crippen LogP contribution in [-0.2, 0) is 11.3 Å². The Morgan fingerprint density at radius 1 is 1.47 bits per heavy atom. The lowest BCUT2D eigenvalue weighted by molar-refractivity contribution is -0.120. The molecule has 0 atom stereocenters. The van der Waals surface area contributed by atoms with Crippen molar-refractivity contribution >= 4 is 17.5 Å². The molecule has 0 aliphatic heterocycles. The van der Waals surface area contributed by atoms with Gasteiger partial charge in [-0.1, -0.05) is 30.7 Å². The van der Waals surface area contributed by atoms with E-state index >= 15 is 0 Å². The molecule has 0 fully saturated rings. The van der Waals surface area contributed by atoms with E-state index in [9.17, 15) is 9.90 Å². The van der Waals surface area contributed by atoms with Gasteiger partial charge in [-0.3, -0.25) is 4.79 Å². The van der Waals surface area contributed by atoms with Gasteiger partial charge in [-0.25, -0.2) is 0 Å². The molecule has 1 rings (SSSR count). The zero-order chi connectivity index (χ0) is 12.7. The number of amides is 1. The Morgan fingerprint density at radius 2 is 2.24 bits per heavy atom. The lowest BCUT2D eigenvalue weighted by Gasteiger charge is -2.08. The predicted octanol–water partition coefficient (Wildman–Crippen LogP) is 1.66. The van der Waals surface area contributed by atoms with Crippen LogP contribution in [0.1, 0.15) is 18.9 Å². The van der Waals surface area contributed by atoms with Gasteiger partial charge in [0.15, 0.2) is 0 Å². The van der Waals surface area contributed by atoms with Crippen LogP contribution in [0.3, 0.4) is 0 Å². The third-order valence-corrected chi connectivity index (χ3v) is 2.55. The molecule has 3 N–H and O–H groups in total. The molecule has 0 aromatic heterocycles. The van der Waals surface area contributed by atoms with Crippen LogP contribution in [0.2, 0.25) is 5.02 Å². The van der Waals surface area contributed by atoms with Crippen molar-refractivity contribution < 1.29 is 9.90 Å². The number of para-hydroxylation sites is 1. The van der Waals surface area contributed by atoms with Crippen LogP contribution < -0.4 is 10.6 Å². The number of phenols is 1. The smallest absolute Gasteiger partial charge is 0.233 e. The van der Waals surface area contributed by atoms with E-state index in [2.05, 4.69) is 10.6 Å². The molecule has 1 aromatic carbocycles. The van der Waals surface area contributed by atoms with Crippen LogP contribution in [0.5, 0.6) is 5.75 Å². The summed E-state index contributed by atoms with van der Waals surface area (Å²) < 4.78 is 0. The molecule has 4 nitrogen and oxygen atoms in total. The van der Waals surface area contributed by atoms with Gasteiger partial charge in [0.1, 0.15) is 5.75 Å². The van der Waals surface area contributed by atoms with Gasteiger partial charge in [-0.05, 0) is 12.5 Å². The second-order valence-corrected chi connectivity index (χ2v) is 4.11. The van der Waals surface area contributed by atoms with Crippen LogP contribution in [0.15, 0.2) is 18.2 Å². The van der Waals surface area contributed by atoms with Gasteiger partial charge in [0.05, 0.1) is 11.6 Å². The lowest BCUT2D eigenvalue weighted by Crippen LogP contribution is -2.33. The highest BCUT2D eigenvalue weighted by atomic mass is 35.5. The molecule has 0 aliphatic carbocycles. The Balaban J connectivity index is 2.36. The Labute approximate surface area is 106 Å². The maximum Gasteiger partial charge on any atom is 0.233 e. The number of rotatable bonds is 6. The fourth-order valence-corrected chi connectivity index (χ4v) is 1.53. The molecule has 0 bridgehead atoms. The molecule has 5 heteroatoms. The third-order valence-electron chi connectivity index (χ3n) is 2.24. The number of nitrogens with one attached hydrogen (secondary N) is 2. The van der Waals surface area contributed by atoms with E-state index in [0.717, 1.165) is 6.42 Å². The van der Waals surface area contributed by atoms with Crippen LogP contribution in [0.4, 0.5) is 0 Å². The molecule has 1 aromatic rings. The Hall–Kier alpha value is -1.26. The molecule has 0 saturated carbocycles. The Morgan fingerprint density at radius 3 is 2.94 bits per heavy atom. The van der Waals surface area contributed by atoms with Gasteiger partial charge >= 0.3 is 0 Å². The van der Waals surface area contributed by atoms with Gasteiger partial charge in [0.25, 0.3) is 0 Å². The van der Waals surface area contributed by atoms with Gasteiger partial charge in [-0.2, -0.15) is 0 Å².